The summed E-state index contributed by atoms with van der Waals surface area (Å²) in [5, 5.41) is 0. The molecule has 1 amide bonds. The first-order valence-electron chi connectivity index (χ1n) is 11.2. The summed E-state index contributed by atoms with van der Waals surface area (Å²) in [6, 6.07) is 11.6. The molecule has 0 aromatic heterocycles. The molecule has 7 nitrogen and oxygen atoms in total. The molecule has 0 spiro atoms. The minimum Gasteiger partial charge on any atom is -0.340 e. The van der Waals surface area contributed by atoms with Crippen molar-refractivity contribution in [2.75, 3.05) is 57.0 Å². The van der Waals surface area contributed by atoms with Gasteiger partial charge in [0, 0.05) is 42.5 Å². The second kappa shape index (κ2) is 10.4. The van der Waals surface area contributed by atoms with Crippen LogP contribution in [0.5, 0.6) is 0 Å². The summed E-state index contributed by atoms with van der Waals surface area (Å²) in [5.74, 6) is -0.542. The molecule has 1 N–H and O–H groups in total. The van der Waals surface area contributed by atoms with Crippen molar-refractivity contribution in [3.05, 3.63) is 48.0 Å². The molecular weight excluding hydrogens is 501 g/mol. The molecule has 0 aliphatic carbocycles. The van der Waals surface area contributed by atoms with Crippen LogP contribution in [0.1, 0.15) is 12.0 Å². The van der Waals surface area contributed by atoms with Crippen LogP contribution >= 0.6 is 11.8 Å². The van der Waals surface area contributed by atoms with Gasteiger partial charge in [-0.05, 0) is 43.3 Å². The lowest BCUT2D eigenvalue weighted by Gasteiger charge is -2.36. The van der Waals surface area contributed by atoms with Gasteiger partial charge in [0.25, 0.3) is 0 Å². The molecule has 35 heavy (non-hydrogen) atoms. The summed E-state index contributed by atoms with van der Waals surface area (Å²) in [6.07, 6.45) is -2.70. The van der Waals surface area contributed by atoms with Crippen LogP contribution < -0.4 is 9.62 Å². The molecule has 2 aromatic carbocycles. The standard InChI is InChI=1S/C23H27F3N4O3S2/c1-35(32,33)27-22(31)16-29-13-11-28(12-14-29)9-4-10-30-18-5-2-3-6-20(18)34-21-8-7-17(15-19(21)30)23(24,25)26/h2-3,5-8,15H,4,9-14,16H2,1H3,(H,27,31). The monoisotopic (exact) mass is 528 g/mol. The Balaban J connectivity index is 1.36. The van der Waals surface area contributed by atoms with Gasteiger partial charge in [-0.3, -0.25) is 14.4 Å². The molecule has 4 rings (SSSR count). The highest BCUT2D eigenvalue weighted by atomic mass is 32.2. The average molecular weight is 529 g/mol. The summed E-state index contributed by atoms with van der Waals surface area (Å²) in [7, 11) is -3.57. The number of rotatable bonds is 7. The molecule has 1 fully saturated rings. The number of halogens is 3. The molecule has 2 aromatic rings. The van der Waals surface area contributed by atoms with Crippen LogP contribution in [-0.2, 0) is 21.0 Å². The zero-order valence-corrected chi connectivity index (χ0v) is 20.8. The number of sulfonamides is 1. The van der Waals surface area contributed by atoms with E-state index < -0.39 is 27.7 Å². The fourth-order valence-electron chi connectivity index (χ4n) is 4.31. The Bertz CT molecular complexity index is 1180. The number of hydrogen-bond donors (Lipinski definition) is 1. The molecule has 190 valence electrons. The molecule has 12 heteroatoms. The van der Waals surface area contributed by atoms with Crippen molar-refractivity contribution in [1.82, 2.24) is 14.5 Å². The average Bonchev–Trinajstić information content (AvgIpc) is 2.77. The van der Waals surface area contributed by atoms with Gasteiger partial charge in [0.15, 0.2) is 0 Å². The number of nitrogens with zero attached hydrogens (tertiary/aromatic N) is 3. The Morgan fingerprint density at radius 2 is 1.63 bits per heavy atom. The highest BCUT2D eigenvalue weighted by Crippen LogP contribution is 2.49. The minimum atomic E-state index is -4.40. The number of carbonyl (C=O) groups excluding carboxylic acids is 1. The van der Waals surface area contributed by atoms with Gasteiger partial charge in [0.1, 0.15) is 0 Å². The Hall–Kier alpha value is -2.28. The Kier molecular flexibility index (Phi) is 7.65. The van der Waals surface area contributed by atoms with Crippen LogP contribution in [0.3, 0.4) is 0 Å². The molecule has 1 saturated heterocycles. The highest BCUT2D eigenvalue weighted by Gasteiger charge is 2.33. The van der Waals surface area contributed by atoms with Gasteiger partial charge in [0.05, 0.1) is 29.7 Å². The van der Waals surface area contributed by atoms with Crippen LogP contribution in [-0.4, -0.2) is 76.2 Å². The largest absolute Gasteiger partial charge is 0.416 e. The summed E-state index contributed by atoms with van der Waals surface area (Å²) in [4.78, 5) is 19.8. The molecule has 0 radical (unpaired) electrons. The van der Waals surface area contributed by atoms with Gasteiger partial charge in [0.2, 0.25) is 15.9 Å². The van der Waals surface area contributed by atoms with Crippen molar-refractivity contribution in [3.8, 4) is 0 Å². The van der Waals surface area contributed by atoms with Crippen LogP contribution in [0.2, 0.25) is 0 Å². The molecule has 0 saturated carbocycles. The smallest absolute Gasteiger partial charge is 0.340 e. The second-order valence-corrected chi connectivity index (χ2v) is 11.5. The van der Waals surface area contributed by atoms with Crippen molar-refractivity contribution in [3.63, 3.8) is 0 Å². The van der Waals surface area contributed by atoms with E-state index in [9.17, 15) is 26.4 Å². The summed E-state index contributed by atoms with van der Waals surface area (Å²) in [6.45, 7) is 4.10. The fraction of sp³-hybridized carbons (Fsp3) is 0.435. The molecule has 0 bridgehead atoms. The van der Waals surface area contributed by atoms with E-state index in [4.69, 9.17) is 0 Å². The lowest BCUT2D eigenvalue weighted by molar-refractivity contribution is -0.137. The maximum atomic E-state index is 13.4. The van der Waals surface area contributed by atoms with Crippen LogP contribution in [0.25, 0.3) is 0 Å². The molecular formula is C23H27F3N4O3S2. The number of fused-ring (bicyclic) bond motifs is 2. The zero-order valence-electron chi connectivity index (χ0n) is 19.2. The fourth-order valence-corrected chi connectivity index (χ4v) is 5.87. The van der Waals surface area contributed by atoms with Crippen molar-refractivity contribution < 1.29 is 26.4 Å². The van der Waals surface area contributed by atoms with E-state index in [-0.39, 0.29) is 6.54 Å². The van der Waals surface area contributed by atoms with Crippen molar-refractivity contribution in [2.45, 2.75) is 22.4 Å². The number of piperazine rings is 1. The normalized spacial score (nSPS) is 17.1. The third kappa shape index (κ3) is 6.69. The number of hydrogen-bond acceptors (Lipinski definition) is 7. The maximum absolute atomic E-state index is 13.4. The predicted molar refractivity (Wildman–Crippen MR) is 129 cm³/mol. The summed E-state index contributed by atoms with van der Waals surface area (Å²) >= 11 is 1.48. The number of carbonyl (C=O) groups is 1. The first-order valence-corrected chi connectivity index (χ1v) is 13.9. The van der Waals surface area contributed by atoms with Gasteiger partial charge in [-0.25, -0.2) is 8.42 Å². The van der Waals surface area contributed by atoms with E-state index in [0.717, 1.165) is 53.9 Å². The van der Waals surface area contributed by atoms with Gasteiger partial charge in [-0.1, -0.05) is 23.9 Å². The molecule has 2 aliphatic rings. The van der Waals surface area contributed by atoms with E-state index in [2.05, 4.69) is 4.90 Å². The summed E-state index contributed by atoms with van der Waals surface area (Å²) in [5.41, 5.74) is 0.827. The second-order valence-electron chi connectivity index (χ2n) is 8.67. The molecule has 2 aliphatic heterocycles. The minimum absolute atomic E-state index is 0.0292. The van der Waals surface area contributed by atoms with Gasteiger partial charge >= 0.3 is 6.18 Å². The van der Waals surface area contributed by atoms with E-state index in [1.165, 1.54) is 17.8 Å². The van der Waals surface area contributed by atoms with Crippen LogP contribution in [0, 0.1) is 0 Å². The van der Waals surface area contributed by atoms with Gasteiger partial charge in [-0.15, -0.1) is 0 Å². The van der Waals surface area contributed by atoms with Crippen molar-refractivity contribution in [1.29, 1.82) is 0 Å². The number of amides is 1. The van der Waals surface area contributed by atoms with E-state index in [1.807, 2.05) is 38.8 Å². The number of anilines is 2. The lowest BCUT2D eigenvalue weighted by Crippen LogP contribution is -2.50. The Morgan fingerprint density at radius 1 is 0.971 bits per heavy atom. The molecule has 0 atom stereocenters. The van der Waals surface area contributed by atoms with E-state index >= 15 is 0 Å². The van der Waals surface area contributed by atoms with Crippen LogP contribution in [0.15, 0.2) is 52.3 Å². The van der Waals surface area contributed by atoms with Gasteiger partial charge < -0.3 is 9.80 Å². The van der Waals surface area contributed by atoms with Crippen LogP contribution in [0.4, 0.5) is 24.5 Å². The lowest BCUT2D eigenvalue weighted by atomic mass is 10.1. The number of para-hydroxylation sites is 1. The highest BCUT2D eigenvalue weighted by molar-refractivity contribution is 7.99. The first-order chi connectivity index (χ1) is 16.5. The van der Waals surface area contributed by atoms with E-state index in [0.29, 0.717) is 25.3 Å². The summed E-state index contributed by atoms with van der Waals surface area (Å²) < 4.78 is 64.5. The third-order valence-corrected chi connectivity index (χ3v) is 7.67. The van der Waals surface area contributed by atoms with E-state index in [1.54, 1.807) is 6.07 Å². The Labute approximate surface area is 207 Å². The molecule has 2 heterocycles. The number of alkyl halides is 3. The first kappa shape index (κ1) is 25.8. The number of benzene rings is 2. The molecule has 0 unspecified atom stereocenters. The topological polar surface area (TPSA) is 73.0 Å². The quantitative estimate of drug-likeness (QED) is 0.591. The van der Waals surface area contributed by atoms with Crippen molar-refractivity contribution in [2.24, 2.45) is 0 Å². The van der Waals surface area contributed by atoms with Gasteiger partial charge in [-0.2, -0.15) is 13.2 Å². The Morgan fingerprint density at radius 3 is 2.31 bits per heavy atom. The van der Waals surface area contributed by atoms with Crippen molar-refractivity contribution >= 4 is 39.1 Å². The number of nitrogens with one attached hydrogen (secondary N) is 1. The third-order valence-electron chi connectivity index (χ3n) is 5.94. The predicted octanol–water partition coefficient (Wildman–Crippen LogP) is 3.39. The SMILES string of the molecule is CS(=O)(=O)NC(=O)CN1CCN(CCCN2c3ccccc3Sc3ccc(C(F)(F)F)cc32)CC1. The zero-order chi connectivity index (χ0) is 25.2. The maximum Gasteiger partial charge on any atom is 0.416 e.